The van der Waals surface area contributed by atoms with Crippen molar-refractivity contribution >= 4 is 27.9 Å². The molecule has 0 aromatic heterocycles. The summed E-state index contributed by atoms with van der Waals surface area (Å²) >= 11 is 0. The number of sulfone groups is 1. The molecule has 0 atom stereocenters. The Morgan fingerprint density at radius 3 is 1.77 bits per heavy atom. The van der Waals surface area contributed by atoms with Crippen molar-refractivity contribution in [3.05, 3.63) is 0 Å². The molecule has 0 aliphatic rings. The predicted molar refractivity (Wildman–Crippen MR) is 88.7 cm³/mol. The average molecular weight is 374 g/mol. The Morgan fingerprint density at radius 2 is 1.32 bits per heavy atom. The maximum absolute atomic E-state index is 12.0. The Bertz CT molecular complexity index is 361. The zero-order valence-corrected chi connectivity index (χ0v) is 17.0. The Morgan fingerprint density at radius 1 is 0.818 bits per heavy atom. The van der Waals surface area contributed by atoms with E-state index < -0.39 is 27.9 Å². The molecule has 133 valence electrons. The summed E-state index contributed by atoms with van der Waals surface area (Å²) in [6, 6.07) is 1.29. The molecule has 0 heterocycles. The molecule has 0 aromatic rings. The molecule has 7 nitrogen and oxygen atoms in total. The Labute approximate surface area is 137 Å². The first-order valence-electron chi connectivity index (χ1n) is 7.18. The Balaban J connectivity index is 4.05. The van der Waals surface area contributed by atoms with Crippen LogP contribution in [0.5, 0.6) is 0 Å². The van der Waals surface area contributed by atoms with Gasteiger partial charge >= 0.3 is 18.1 Å². The highest BCUT2D eigenvalue weighted by Crippen LogP contribution is 2.16. The van der Waals surface area contributed by atoms with E-state index in [4.69, 9.17) is 22.1 Å². The van der Waals surface area contributed by atoms with E-state index in [1.807, 2.05) is 0 Å². The molecule has 0 unspecified atom stereocenters. The number of unbranched alkanes of at least 4 members (excludes halogenated alkanes) is 1. The van der Waals surface area contributed by atoms with Crippen LogP contribution in [0.15, 0.2) is 0 Å². The molecule has 0 aliphatic heterocycles. The summed E-state index contributed by atoms with van der Waals surface area (Å²) in [4.78, 5) is 0. The highest BCUT2D eigenvalue weighted by molar-refractivity contribution is 7.91. The molecular weight excluding hydrogens is 344 g/mol. The fourth-order valence-electron chi connectivity index (χ4n) is 2.05. The van der Waals surface area contributed by atoms with Gasteiger partial charge in [-0.05, 0) is 18.9 Å². The van der Waals surface area contributed by atoms with Crippen LogP contribution in [0.4, 0.5) is 0 Å². The lowest BCUT2D eigenvalue weighted by Crippen LogP contribution is -2.42. The van der Waals surface area contributed by atoms with Gasteiger partial charge in [0.05, 0.1) is 11.5 Å². The first-order valence-corrected chi connectivity index (χ1v) is 12.5. The van der Waals surface area contributed by atoms with Gasteiger partial charge in [-0.25, -0.2) is 8.42 Å². The SMILES string of the molecule is CO[Si](CCCCS(=O)(=O)CCC[Si](OC)(OC)OC)OC. The predicted octanol–water partition coefficient (Wildman–Crippen LogP) is 1.23. The van der Waals surface area contributed by atoms with Gasteiger partial charge < -0.3 is 22.1 Å². The molecule has 22 heavy (non-hydrogen) atoms. The second-order valence-corrected chi connectivity index (χ2v) is 12.2. The second kappa shape index (κ2) is 11.7. The standard InChI is InChI=1S/C12H29O7SSi2/c1-15-21(16-2)11-7-6-9-20(13,14)10-8-12-22(17-3,18-4)19-5/h6-12H2,1-5H3. The molecule has 1 radical (unpaired) electrons. The molecule has 0 aliphatic carbocycles. The lowest BCUT2D eigenvalue weighted by molar-refractivity contribution is 0.123. The van der Waals surface area contributed by atoms with E-state index in [1.165, 1.54) is 21.3 Å². The Hall–Kier alpha value is 0.184. The van der Waals surface area contributed by atoms with Crippen molar-refractivity contribution in [3.63, 3.8) is 0 Å². The summed E-state index contributed by atoms with van der Waals surface area (Å²) < 4.78 is 50.2. The average Bonchev–Trinajstić information content (AvgIpc) is 2.52. The zero-order valence-electron chi connectivity index (χ0n) is 14.2. The van der Waals surface area contributed by atoms with Gasteiger partial charge in [0.2, 0.25) is 0 Å². The smallest absolute Gasteiger partial charge is 0.397 e. The summed E-state index contributed by atoms with van der Waals surface area (Å²) in [5.41, 5.74) is 0. The largest absolute Gasteiger partial charge is 0.500 e. The topological polar surface area (TPSA) is 80.3 Å². The lowest BCUT2D eigenvalue weighted by Gasteiger charge is -2.24. The van der Waals surface area contributed by atoms with Crippen LogP contribution in [0, 0.1) is 0 Å². The van der Waals surface area contributed by atoms with Crippen LogP contribution in [0.25, 0.3) is 0 Å². The molecule has 0 bridgehead atoms. The second-order valence-electron chi connectivity index (χ2n) is 4.79. The van der Waals surface area contributed by atoms with Crippen LogP contribution in [-0.4, -0.2) is 73.6 Å². The van der Waals surface area contributed by atoms with Crippen molar-refractivity contribution in [2.45, 2.75) is 31.4 Å². The van der Waals surface area contributed by atoms with Crippen LogP contribution in [0.3, 0.4) is 0 Å². The number of hydrogen-bond donors (Lipinski definition) is 0. The van der Waals surface area contributed by atoms with Crippen molar-refractivity contribution in [1.82, 2.24) is 0 Å². The first kappa shape index (κ1) is 22.2. The quantitative estimate of drug-likeness (QED) is 0.335. The van der Waals surface area contributed by atoms with E-state index in [-0.39, 0.29) is 11.5 Å². The molecule has 0 spiro atoms. The highest BCUT2D eigenvalue weighted by atomic mass is 32.2. The summed E-state index contributed by atoms with van der Waals surface area (Å²) in [7, 11) is 0.860. The minimum Gasteiger partial charge on any atom is -0.397 e. The van der Waals surface area contributed by atoms with E-state index in [1.54, 1.807) is 14.2 Å². The number of rotatable bonds is 14. The summed E-state index contributed by atoms with van der Waals surface area (Å²) in [5.74, 6) is 0.321. The first-order chi connectivity index (χ1) is 10.4. The van der Waals surface area contributed by atoms with Gasteiger partial charge in [0.15, 0.2) is 0 Å². The van der Waals surface area contributed by atoms with Gasteiger partial charge in [0.1, 0.15) is 9.84 Å². The molecular formula is C12H29O7SSi2. The summed E-state index contributed by atoms with van der Waals surface area (Å²) in [5, 5.41) is 0. The van der Waals surface area contributed by atoms with E-state index in [0.717, 1.165) is 12.5 Å². The van der Waals surface area contributed by atoms with Gasteiger partial charge in [-0.1, -0.05) is 6.42 Å². The van der Waals surface area contributed by atoms with Gasteiger partial charge in [0.25, 0.3) is 0 Å². The van der Waals surface area contributed by atoms with E-state index in [0.29, 0.717) is 18.9 Å². The van der Waals surface area contributed by atoms with Gasteiger partial charge in [-0.15, -0.1) is 0 Å². The molecule has 0 saturated heterocycles. The molecule has 0 amide bonds. The van der Waals surface area contributed by atoms with Gasteiger partial charge in [0, 0.05) is 41.6 Å². The van der Waals surface area contributed by atoms with Crippen LogP contribution >= 0.6 is 0 Å². The third-order valence-corrected chi connectivity index (χ3v) is 9.74. The van der Waals surface area contributed by atoms with E-state index in [9.17, 15) is 8.42 Å². The molecule has 0 fully saturated rings. The summed E-state index contributed by atoms with van der Waals surface area (Å²) in [6.07, 6.45) is 1.90. The third-order valence-electron chi connectivity index (χ3n) is 3.41. The normalized spacial score (nSPS) is 13.0. The Kier molecular flexibility index (Phi) is 11.8. The molecule has 0 aromatic carbocycles. The van der Waals surface area contributed by atoms with Crippen molar-refractivity contribution in [2.24, 2.45) is 0 Å². The van der Waals surface area contributed by atoms with E-state index >= 15 is 0 Å². The number of hydrogen-bond acceptors (Lipinski definition) is 7. The highest BCUT2D eigenvalue weighted by Gasteiger charge is 2.37. The molecule has 0 N–H and O–H groups in total. The lowest BCUT2D eigenvalue weighted by atomic mass is 10.4. The fourth-order valence-corrected chi connectivity index (χ4v) is 6.57. The third kappa shape index (κ3) is 8.72. The summed E-state index contributed by atoms with van der Waals surface area (Å²) in [6.45, 7) is 0. The van der Waals surface area contributed by atoms with Crippen molar-refractivity contribution in [1.29, 1.82) is 0 Å². The monoisotopic (exact) mass is 373 g/mol. The van der Waals surface area contributed by atoms with Crippen LogP contribution in [0.2, 0.25) is 12.1 Å². The van der Waals surface area contributed by atoms with Crippen LogP contribution in [-0.2, 0) is 32.0 Å². The molecule has 0 rings (SSSR count). The molecule has 10 heteroatoms. The van der Waals surface area contributed by atoms with E-state index in [2.05, 4.69) is 0 Å². The minimum absolute atomic E-state index is 0.129. The molecule has 0 saturated carbocycles. The van der Waals surface area contributed by atoms with Gasteiger partial charge in [-0.3, -0.25) is 0 Å². The van der Waals surface area contributed by atoms with Crippen LogP contribution < -0.4 is 0 Å². The minimum atomic E-state index is -3.05. The maximum atomic E-state index is 12.0. The maximum Gasteiger partial charge on any atom is 0.500 e. The zero-order chi connectivity index (χ0) is 17.1. The van der Waals surface area contributed by atoms with Crippen molar-refractivity contribution in [3.8, 4) is 0 Å². The van der Waals surface area contributed by atoms with Gasteiger partial charge in [-0.2, -0.15) is 0 Å². The van der Waals surface area contributed by atoms with Crippen molar-refractivity contribution in [2.75, 3.05) is 47.1 Å². The van der Waals surface area contributed by atoms with Crippen molar-refractivity contribution < 1.29 is 30.5 Å². The van der Waals surface area contributed by atoms with Crippen LogP contribution in [0.1, 0.15) is 19.3 Å². The fraction of sp³-hybridized carbons (Fsp3) is 1.00.